The molecule has 0 aliphatic carbocycles. The van der Waals surface area contributed by atoms with Gasteiger partial charge >= 0.3 is 12.1 Å². The molecule has 1 aromatic carbocycles. The molecule has 0 bridgehead atoms. The van der Waals surface area contributed by atoms with Crippen LogP contribution in [0.4, 0.5) is 24.5 Å². The molecule has 0 radical (unpaired) electrons. The molecule has 7 nitrogen and oxygen atoms in total. The highest BCUT2D eigenvalue weighted by molar-refractivity contribution is 6.19. The second-order valence-electron chi connectivity index (χ2n) is 5.53. The smallest absolute Gasteiger partial charge is 0.274 e. The van der Waals surface area contributed by atoms with Crippen LogP contribution in [-0.4, -0.2) is 27.9 Å². The summed E-state index contributed by atoms with van der Waals surface area (Å²) in [5.41, 5.74) is -0.371. The van der Waals surface area contributed by atoms with E-state index in [0.29, 0.717) is 11.1 Å². The molecule has 10 heteroatoms. The number of nitro groups is 1. The number of alkyl halides is 3. The van der Waals surface area contributed by atoms with E-state index >= 15 is 0 Å². The zero-order chi connectivity index (χ0) is 19.1. The second-order valence-corrected chi connectivity index (χ2v) is 5.53. The van der Waals surface area contributed by atoms with Crippen molar-refractivity contribution in [2.45, 2.75) is 19.0 Å². The maximum Gasteiger partial charge on any atom is 0.472 e. The van der Waals surface area contributed by atoms with Crippen molar-refractivity contribution in [3.05, 3.63) is 52.3 Å². The van der Waals surface area contributed by atoms with Gasteiger partial charge in [0, 0.05) is 30.4 Å². The van der Waals surface area contributed by atoms with Crippen molar-refractivity contribution in [3.63, 3.8) is 0 Å². The number of aryl methyl sites for hydroxylation is 1. The summed E-state index contributed by atoms with van der Waals surface area (Å²) in [6.07, 6.45) is -2.76. The Morgan fingerprint density at radius 1 is 1.23 bits per heavy atom. The number of nitrogens with zero attached hydrogens (tertiary/aromatic N) is 3. The van der Waals surface area contributed by atoms with E-state index in [2.05, 4.69) is 4.98 Å². The standard InChI is InChI=1S/C16H10F3N3O4/c17-16(18,19)15(24)21-13(23)4-3-9-6-11(10-2-1-5-20-8-10)7-12(14(9)21)22(25)26/h1-2,5-8H,3-4H2. The summed E-state index contributed by atoms with van der Waals surface area (Å²) >= 11 is 0. The van der Waals surface area contributed by atoms with E-state index in [4.69, 9.17) is 0 Å². The fourth-order valence-electron chi connectivity index (χ4n) is 2.79. The Morgan fingerprint density at radius 3 is 2.54 bits per heavy atom. The zero-order valence-corrected chi connectivity index (χ0v) is 13.0. The Bertz CT molecular complexity index is 913. The number of pyridine rings is 1. The molecule has 3 rings (SSSR count). The molecule has 134 valence electrons. The van der Waals surface area contributed by atoms with Crippen LogP contribution in [0.3, 0.4) is 0 Å². The van der Waals surface area contributed by atoms with Crippen LogP contribution in [0.1, 0.15) is 12.0 Å². The molecular weight excluding hydrogens is 355 g/mol. The molecule has 0 saturated heterocycles. The van der Waals surface area contributed by atoms with Gasteiger partial charge in [-0.3, -0.25) is 24.7 Å². The summed E-state index contributed by atoms with van der Waals surface area (Å²) in [7, 11) is 0. The largest absolute Gasteiger partial charge is 0.472 e. The van der Waals surface area contributed by atoms with Crippen molar-refractivity contribution < 1.29 is 27.7 Å². The van der Waals surface area contributed by atoms with E-state index in [1.807, 2.05) is 0 Å². The SMILES string of the molecule is O=C1CCc2cc(-c3cccnc3)cc([N+](=O)[O-])c2N1C(=O)C(F)(F)F. The van der Waals surface area contributed by atoms with Gasteiger partial charge in [-0.15, -0.1) is 0 Å². The lowest BCUT2D eigenvalue weighted by Crippen LogP contribution is -2.47. The molecule has 0 saturated carbocycles. The number of aromatic nitrogens is 1. The number of nitro benzene ring substituents is 1. The van der Waals surface area contributed by atoms with Gasteiger partial charge in [-0.1, -0.05) is 6.07 Å². The molecule has 26 heavy (non-hydrogen) atoms. The van der Waals surface area contributed by atoms with Gasteiger partial charge < -0.3 is 0 Å². The first kappa shape index (κ1) is 17.5. The molecule has 1 aliphatic rings. The lowest BCUT2D eigenvalue weighted by Gasteiger charge is -2.28. The second kappa shape index (κ2) is 6.21. The monoisotopic (exact) mass is 365 g/mol. The Labute approximate surface area is 144 Å². The van der Waals surface area contributed by atoms with E-state index in [0.717, 1.165) is 6.07 Å². The van der Waals surface area contributed by atoms with Crippen molar-refractivity contribution in [2.24, 2.45) is 0 Å². The molecule has 0 fully saturated rings. The number of anilines is 1. The number of amides is 2. The lowest BCUT2D eigenvalue weighted by atomic mass is 9.94. The highest BCUT2D eigenvalue weighted by Gasteiger charge is 2.48. The van der Waals surface area contributed by atoms with E-state index in [1.54, 1.807) is 12.1 Å². The zero-order valence-electron chi connectivity index (χ0n) is 13.0. The number of fused-ring (bicyclic) bond motifs is 1. The topological polar surface area (TPSA) is 93.4 Å². The quantitative estimate of drug-likeness (QED) is 0.602. The number of hydrogen-bond donors (Lipinski definition) is 0. The molecule has 2 aromatic rings. The lowest BCUT2D eigenvalue weighted by molar-refractivity contribution is -0.384. The van der Waals surface area contributed by atoms with Crippen LogP contribution < -0.4 is 4.90 Å². The van der Waals surface area contributed by atoms with Gasteiger partial charge in [-0.2, -0.15) is 13.2 Å². The van der Waals surface area contributed by atoms with Gasteiger partial charge in [0.05, 0.1) is 4.92 Å². The maximum absolute atomic E-state index is 12.9. The number of carbonyl (C=O) groups is 2. The number of benzene rings is 1. The van der Waals surface area contributed by atoms with E-state index in [9.17, 15) is 32.9 Å². The van der Waals surface area contributed by atoms with E-state index < -0.39 is 34.3 Å². The molecule has 0 spiro atoms. The van der Waals surface area contributed by atoms with Crippen LogP contribution in [0, 0.1) is 10.1 Å². The molecule has 1 aromatic heterocycles. The summed E-state index contributed by atoms with van der Waals surface area (Å²) in [6.45, 7) is 0. The molecule has 0 N–H and O–H groups in total. The van der Waals surface area contributed by atoms with Crippen LogP contribution in [0.5, 0.6) is 0 Å². The fourth-order valence-corrected chi connectivity index (χ4v) is 2.79. The van der Waals surface area contributed by atoms with Gasteiger partial charge in [0.2, 0.25) is 5.91 Å². The van der Waals surface area contributed by atoms with E-state index in [-0.39, 0.29) is 23.3 Å². The molecule has 0 atom stereocenters. The third-order valence-corrected chi connectivity index (χ3v) is 3.89. The minimum atomic E-state index is -5.33. The van der Waals surface area contributed by atoms with Crippen LogP contribution >= 0.6 is 0 Å². The summed E-state index contributed by atoms with van der Waals surface area (Å²) in [5.74, 6) is -3.57. The minimum Gasteiger partial charge on any atom is -0.274 e. The number of hydrogen-bond acceptors (Lipinski definition) is 5. The Balaban J connectivity index is 2.23. The van der Waals surface area contributed by atoms with E-state index in [1.165, 1.54) is 18.5 Å². The molecular formula is C16H10F3N3O4. The summed E-state index contributed by atoms with van der Waals surface area (Å²) in [4.78, 5) is 37.9. The first-order chi connectivity index (χ1) is 12.2. The van der Waals surface area contributed by atoms with Crippen molar-refractivity contribution >= 4 is 23.2 Å². The molecule has 2 amide bonds. The Hall–Kier alpha value is -3.30. The normalized spacial score (nSPS) is 14.1. The third-order valence-electron chi connectivity index (χ3n) is 3.89. The van der Waals surface area contributed by atoms with Crippen molar-refractivity contribution in [1.29, 1.82) is 0 Å². The first-order valence-electron chi connectivity index (χ1n) is 7.36. The molecule has 1 aliphatic heterocycles. The Kier molecular flexibility index (Phi) is 4.18. The predicted molar refractivity (Wildman–Crippen MR) is 83.2 cm³/mol. The number of carbonyl (C=O) groups excluding carboxylic acids is 2. The first-order valence-corrected chi connectivity index (χ1v) is 7.36. The van der Waals surface area contributed by atoms with Crippen LogP contribution in [-0.2, 0) is 16.0 Å². The summed E-state index contributed by atoms with van der Waals surface area (Å²) in [5, 5.41) is 11.4. The van der Waals surface area contributed by atoms with Crippen molar-refractivity contribution in [2.75, 3.05) is 4.90 Å². The third kappa shape index (κ3) is 3.01. The van der Waals surface area contributed by atoms with Crippen LogP contribution in [0.15, 0.2) is 36.7 Å². The number of imide groups is 1. The van der Waals surface area contributed by atoms with Crippen LogP contribution in [0.2, 0.25) is 0 Å². The van der Waals surface area contributed by atoms with Crippen molar-refractivity contribution in [1.82, 2.24) is 4.98 Å². The van der Waals surface area contributed by atoms with Crippen molar-refractivity contribution in [3.8, 4) is 11.1 Å². The fraction of sp³-hybridized carbons (Fsp3) is 0.188. The van der Waals surface area contributed by atoms with Gasteiger partial charge in [0.25, 0.3) is 5.69 Å². The van der Waals surface area contributed by atoms with Gasteiger partial charge in [-0.05, 0) is 29.7 Å². The summed E-state index contributed by atoms with van der Waals surface area (Å²) in [6, 6.07) is 5.70. The van der Waals surface area contributed by atoms with Crippen LogP contribution in [0.25, 0.3) is 11.1 Å². The average molecular weight is 365 g/mol. The maximum atomic E-state index is 12.9. The molecule has 0 unspecified atom stereocenters. The highest BCUT2D eigenvalue weighted by Crippen LogP contribution is 2.41. The van der Waals surface area contributed by atoms with Gasteiger partial charge in [0.1, 0.15) is 5.69 Å². The predicted octanol–water partition coefficient (Wildman–Crippen LogP) is 3.02. The molecule has 2 heterocycles. The van der Waals surface area contributed by atoms with Gasteiger partial charge in [-0.25, -0.2) is 4.90 Å². The number of halogens is 3. The minimum absolute atomic E-state index is 0.00918. The Morgan fingerprint density at radius 2 is 1.96 bits per heavy atom. The number of rotatable bonds is 2. The average Bonchev–Trinajstić information content (AvgIpc) is 2.60. The highest BCUT2D eigenvalue weighted by atomic mass is 19.4. The van der Waals surface area contributed by atoms with Gasteiger partial charge in [0.15, 0.2) is 0 Å². The summed E-state index contributed by atoms with van der Waals surface area (Å²) < 4.78 is 38.6.